The Kier molecular flexibility index (Phi) is 8.97. The monoisotopic (exact) mass is 356 g/mol. The third-order valence-corrected chi connectivity index (χ3v) is 3.32. The van der Waals surface area contributed by atoms with E-state index in [9.17, 15) is 4.79 Å². The quantitative estimate of drug-likeness (QED) is 0.768. The Morgan fingerprint density at radius 1 is 1.33 bits per heavy atom. The summed E-state index contributed by atoms with van der Waals surface area (Å²) in [6.07, 6.45) is 0.331. The van der Waals surface area contributed by atoms with Crippen molar-refractivity contribution in [3.63, 3.8) is 0 Å². The predicted molar refractivity (Wildman–Crippen MR) is 92.7 cm³/mol. The van der Waals surface area contributed by atoms with Crippen molar-refractivity contribution in [1.29, 1.82) is 0 Å². The van der Waals surface area contributed by atoms with Crippen LogP contribution in [0.2, 0.25) is 0 Å². The van der Waals surface area contributed by atoms with E-state index in [1.165, 1.54) is 0 Å². The third-order valence-electron chi connectivity index (χ3n) is 2.82. The Bertz CT molecular complexity index is 579. The van der Waals surface area contributed by atoms with Crippen molar-refractivity contribution in [3.05, 3.63) is 33.9 Å². The molecule has 0 bridgehead atoms. The number of benzene rings is 1. The van der Waals surface area contributed by atoms with Crippen LogP contribution in [0.5, 0.6) is 0 Å². The van der Waals surface area contributed by atoms with E-state index < -0.39 is 12.0 Å². The molecule has 0 amide bonds. The highest BCUT2D eigenvalue weighted by Crippen LogP contribution is 2.26. The summed E-state index contributed by atoms with van der Waals surface area (Å²) in [5, 5.41) is 9.88. The molecule has 21 heavy (non-hydrogen) atoms. The van der Waals surface area contributed by atoms with Gasteiger partial charge in [-0.1, -0.05) is 43.6 Å². The number of aliphatic carboxylic acids is 1. The molecule has 1 aromatic heterocycles. The van der Waals surface area contributed by atoms with Crippen LogP contribution < -0.4 is 5.73 Å². The number of carbonyl (C=O) groups is 1. The van der Waals surface area contributed by atoms with Gasteiger partial charge >= 0.3 is 5.97 Å². The Morgan fingerprint density at radius 2 is 1.90 bits per heavy atom. The highest BCUT2D eigenvalue weighted by molar-refractivity contribution is 9.10. The average molecular weight is 357 g/mol. The molecule has 4 N–H and O–H groups in total. The molecule has 0 radical (unpaired) electrons. The van der Waals surface area contributed by atoms with Crippen LogP contribution >= 0.6 is 15.9 Å². The molecular formula is C16H25BrN2O2. The maximum atomic E-state index is 10.8. The minimum atomic E-state index is -0.978. The second-order valence-electron chi connectivity index (χ2n) is 4.07. The lowest BCUT2D eigenvalue weighted by molar-refractivity contribution is -0.138. The number of nitrogens with one attached hydrogen (secondary N) is 1. The van der Waals surface area contributed by atoms with Crippen LogP contribution in [0.25, 0.3) is 10.9 Å². The molecule has 4 nitrogen and oxygen atoms in total. The topological polar surface area (TPSA) is 79.1 Å². The summed E-state index contributed by atoms with van der Waals surface area (Å²) in [7, 11) is 0. The molecule has 2 aromatic rings. The van der Waals surface area contributed by atoms with Gasteiger partial charge in [0.2, 0.25) is 0 Å². The molecule has 2 rings (SSSR count). The number of aromatic amines is 1. The first-order valence-corrected chi connectivity index (χ1v) is 8.03. The molecule has 1 heterocycles. The molecule has 0 saturated carbocycles. The Balaban J connectivity index is 0.000000921. The molecule has 0 spiro atoms. The minimum absolute atomic E-state index is 0.331. The zero-order valence-corrected chi connectivity index (χ0v) is 14.9. The second-order valence-corrected chi connectivity index (χ2v) is 4.98. The van der Waals surface area contributed by atoms with Crippen LogP contribution in [0.15, 0.2) is 22.7 Å². The van der Waals surface area contributed by atoms with Crippen molar-refractivity contribution in [2.75, 3.05) is 0 Å². The van der Waals surface area contributed by atoms with Gasteiger partial charge in [0.25, 0.3) is 0 Å². The first kappa shape index (κ1) is 19.7. The molecular weight excluding hydrogens is 332 g/mol. The van der Waals surface area contributed by atoms with E-state index in [-0.39, 0.29) is 0 Å². The highest BCUT2D eigenvalue weighted by atomic mass is 79.9. The van der Waals surface area contributed by atoms with Crippen molar-refractivity contribution >= 4 is 32.8 Å². The number of aromatic nitrogens is 1. The van der Waals surface area contributed by atoms with Gasteiger partial charge in [0, 0.05) is 27.5 Å². The maximum absolute atomic E-state index is 10.8. The zero-order valence-electron chi connectivity index (χ0n) is 13.3. The molecule has 1 aromatic carbocycles. The van der Waals surface area contributed by atoms with E-state index in [0.717, 1.165) is 26.6 Å². The SMILES string of the molecule is CC.CC.Cc1[nH]c2ccc(Br)cc2c1CC(N)C(=O)O. The normalized spacial score (nSPS) is 11.0. The smallest absolute Gasteiger partial charge is 0.320 e. The van der Waals surface area contributed by atoms with Gasteiger partial charge in [-0.2, -0.15) is 0 Å². The number of carboxylic acids is 1. The third kappa shape index (κ3) is 5.17. The lowest BCUT2D eigenvalue weighted by atomic mass is 10.0. The first-order chi connectivity index (χ1) is 9.99. The molecule has 118 valence electrons. The fraction of sp³-hybridized carbons (Fsp3) is 0.438. The van der Waals surface area contributed by atoms with Crippen molar-refractivity contribution in [3.8, 4) is 0 Å². The van der Waals surface area contributed by atoms with Gasteiger partial charge in [0.05, 0.1) is 0 Å². The van der Waals surface area contributed by atoms with E-state index in [4.69, 9.17) is 10.8 Å². The van der Waals surface area contributed by atoms with E-state index in [2.05, 4.69) is 20.9 Å². The Morgan fingerprint density at radius 3 is 2.43 bits per heavy atom. The van der Waals surface area contributed by atoms with Gasteiger partial charge in [-0.25, -0.2) is 0 Å². The number of fused-ring (bicyclic) bond motifs is 1. The van der Waals surface area contributed by atoms with E-state index >= 15 is 0 Å². The van der Waals surface area contributed by atoms with Crippen molar-refractivity contribution in [2.45, 2.75) is 47.1 Å². The van der Waals surface area contributed by atoms with E-state index in [0.29, 0.717) is 6.42 Å². The van der Waals surface area contributed by atoms with Crippen LogP contribution in [0, 0.1) is 6.92 Å². The molecule has 0 saturated heterocycles. The zero-order chi connectivity index (χ0) is 16.6. The van der Waals surface area contributed by atoms with Crippen molar-refractivity contribution < 1.29 is 9.90 Å². The minimum Gasteiger partial charge on any atom is -0.480 e. The van der Waals surface area contributed by atoms with Gasteiger partial charge in [-0.05, 0) is 30.7 Å². The van der Waals surface area contributed by atoms with E-state index in [1.807, 2.05) is 52.8 Å². The van der Waals surface area contributed by atoms with Gasteiger partial charge in [-0.15, -0.1) is 0 Å². The first-order valence-electron chi connectivity index (χ1n) is 7.24. The van der Waals surface area contributed by atoms with Gasteiger partial charge in [0.1, 0.15) is 6.04 Å². The molecule has 0 aliphatic heterocycles. The van der Waals surface area contributed by atoms with Gasteiger partial charge < -0.3 is 15.8 Å². The summed E-state index contributed by atoms with van der Waals surface area (Å²) in [5.41, 5.74) is 8.52. The number of hydrogen-bond acceptors (Lipinski definition) is 2. The summed E-state index contributed by atoms with van der Waals surface area (Å²) in [5.74, 6) is -0.978. The predicted octanol–water partition coefficient (Wildman–Crippen LogP) is 4.25. The van der Waals surface area contributed by atoms with Crippen molar-refractivity contribution in [2.24, 2.45) is 5.73 Å². The summed E-state index contributed by atoms with van der Waals surface area (Å²) < 4.78 is 0.967. The Hall–Kier alpha value is -1.33. The Labute approximate surface area is 134 Å². The molecule has 0 aliphatic rings. The lowest BCUT2D eigenvalue weighted by Gasteiger charge is -2.06. The summed E-state index contributed by atoms with van der Waals surface area (Å²) in [6.45, 7) is 9.93. The number of carboxylic acid groups (broad SMARTS) is 1. The summed E-state index contributed by atoms with van der Waals surface area (Å²) >= 11 is 3.41. The number of aryl methyl sites for hydroxylation is 1. The number of rotatable bonds is 3. The standard InChI is InChI=1S/C12H13BrN2O2.2C2H6/c1-6-8(5-10(14)12(16)17)9-4-7(13)2-3-11(9)15-6;2*1-2/h2-4,10,15H,5,14H2,1H3,(H,16,17);2*1-2H3. The van der Waals surface area contributed by atoms with Crippen molar-refractivity contribution in [1.82, 2.24) is 4.98 Å². The number of H-pyrrole nitrogens is 1. The lowest BCUT2D eigenvalue weighted by Crippen LogP contribution is -2.32. The molecule has 1 atom stereocenters. The van der Waals surface area contributed by atoms with Crippen LogP contribution in [-0.2, 0) is 11.2 Å². The number of hydrogen-bond donors (Lipinski definition) is 3. The summed E-state index contributed by atoms with van der Waals surface area (Å²) in [4.78, 5) is 14.0. The number of halogens is 1. The molecule has 1 unspecified atom stereocenters. The van der Waals surface area contributed by atoms with Crippen LogP contribution in [0.4, 0.5) is 0 Å². The second kappa shape index (κ2) is 9.58. The highest BCUT2D eigenvalue weighted by Gasteiger charge is 2.17. The van der Waals surface area contributed by atoms with Crippen LogP contribution in [0.3, 0.4) is 0 Å². The van der Waals surface area contributed by atoms with Gasteiger partial charge in [0.15, 0.2) is 0 Å². The molecule has 0 aliphatic carbocycles. The largest absolute Gasteiger partial charge is 0.480 e. The number of nitrogens with two attached hydrogens (primary N) is 1. The average Bonchev–Trinajstić information content (AvgIpc) is 2.79. The molecule has 5 heteroatoms. The van der Waals surface area contributed by atoms with Gasteiger partial charge in [-0.3, -0.25) is 4.79 Å². The molecule has 0 fully saturated rings. The van der Waals surface area contributed by atoms with Crippen LogP contribution in [0.1, 0.15) is 39.0 Å². The fourth-order valence-electron chi connectivity index (χ4n) is 1.92. The van der Waals surface area contributed by atoms with Crippen LogP contribution in [-0.4, -0.2) is 22.1 Å². The fourth-order valence-corrected chi connectivity index (χ4v) is 2.29. The van der Waals surface area contributed by atoms with E-state index in [1.54, 1.807) is 0 Å². The summed E-state index contributed by atoms with van der Waals surface area (Å²) in [6, 6.07) is 5.01. The maximum Gasteiger partial charge on any atom is 0.320 e.